The number of rotatable bonds is 3. The first kappa shape index (κ1) is 11.5. The van der Waals surface area contributed by atoms with Crippen molar-refractivity contribution in [1.82, 2.24) is 0 Å². The van der Waals surface area contributed by atoms with Crippen LogP contribution in [-0.2, 0) is 9.47 Å². The zero-order valence-electron chi connectivity index (χ0n) is 9.17. The maximum atomic E-state index is 9.06. The van der Waals surface area contributed by atoms with E-state index in [1.54, 1.807) is 0 Å². The Hall–Kier alpha value is -0.940. The molecule has 2 unspecified atom stereocenters. The van der Waals surface area contributed by atoms with Crippen LogP contribution in [0.25, 0.3) is 0 Å². The SMILES string of the molecule is Cc1ccc(C2OC(CO)C(CO)O2)cc1. The van der Waals surface area contributed by atoms with Gasteiger partial charge in [0.15, 0.2) is 6.29 Å². The summed E-state index contributed by atoms with van der Waals surface area (Å²) in [6, 6.07) is 7.80. The fourth-order valence-electron chi connectivity index (χ4n) is 1.73. The molecule has 2 atom stereocenters. The summed E-state index contributed by atoms with van der Waals surface area (Å²) < 4.78 is 11.0. The zero-order valence-corrected chi connectivity index (χ0v) is 9.17. The largest absolute Gasteiger partial charge is 0.394 e. The number of hydrogen-bond acceptors (Lipinski definition) is 4. The van der Waals surface area contributed by atoms with E-state index in [1.807, 2.05) is 31.2 Å². The van der Waals surface area contributed by atoms with Crippen molar-refractivity contribution < 1.29 is 19.7 Å². The van der Waals surface area contributed by atoms with E-state index in [-0.39, 0.29) is 13.2 Å². The Morgan fingerprint density at radius 3 is 1.94 bits per heavy atom. The van der Waals surface area contributed by atoms with Crippen molar-refractivity contribution in [2.24, 2.45) is 0 Å². The maximum Gasteiger partial charge on any atom is 0.184 e. The minimum Gasteiger partial charge on any atom is -0.394 e. The van der Waals surface area contributed by atoms with E-state index in [0.29, 0.717) is 0 Å². The Kier molecular flexibility index (Phi) is 3.56. The van der Waals surface area contributed by atoms with Crippen LogP contribution in [0.15, 0.2) is 24.3 Å². The molecule has 16 heavy (non-hydrogen) atoms. The third-order valence-corrected chi connectivity index (χ3v) is 2.72. The first-order valence-electron chi connectivity index (χ1n) is 5.34. The van der Waals surface area contributed by atoms with Gasteiger partial charge in [0.05, 0.1) is 13.2 Å². The molecule has 1 aromatic carbocycles. The highest BCUT2D eigenvalue weighted by molar-refractivity contribution is 5.22. The molecule has 0 aromatic heterocycles. The van der Waals surface area contributed by atoms with Gasteiger partial charge in [0.1, 0.15) is 12.2 Å². The molecule has 2 N–H and O–H groups in total. The highest BCUT2D eigenvalue weighted by atomic mass is 16.7. The van der Waals surface area contributed by atoms with Gasteiger partial charge in [0.25, 0.3) is 0 Å². The van der Waals surface area contributed by atoms with E-state index in [9.17, 15) is 0 Å². The average molecular weight is 224 g/mol. The van der Waals surface area contributed by atoms with Crippen molar-refractivity contribution in [2.45, 2.75) is 25.4 Å². The Morgan fingerprint density at radius 1 is 1.00 bits per heavy atom. The lowest BCUT2D eigenvalue weighted by Crippen LogP contribution is -2.29. The van der Waals surface area contributed by atoms with Gasteiger partial charge in [-0.25, -0.2) is 0 Å². The van der Waals surface area contributed by atoms with Crippen molar-refractivity contribution in [1.29, 1.82) is 0 Å². The standard InChI is InChI=1S/C12H16O4/c1-8-2-4-9(5-3-8)12-15-10(6-13)11(7-14)16-12/h2-5,10-14H,6-7H2,1H3. The number of aliphatic hydroxyl groups is 2. The second-order valence-electron chi connectivity index (χ2n) is 3.96. The first-order chi connectivity index (χ1) is 7.74. The average Bonchev–Trinajstić information content (AvgIpc) is 2.73. The van der Waals surface area contributed by atoms with Crippen molar-refractivity contribution in [3.63, 3.8) is 0 Å². The van der Waals surface area contributed by atoms with Gasteiger partial charge in [0, 0.05) is 5.56 Å². The molecule has 1 fully saturated rings. The molecule has 1 aliphatic heterocycles. The minimum atomic E-state index is -0.491. The second kappa shape index (κ2) is 4.93. The summed E-state index contributed by atoms with van der Waals surface area (Å²) in [5.41, 5.74) is 2.07. The smallest absolute Gasteiger partial charge is 0.184 e. The van der Waals surface area contributed by atoms with Gasteiger partial charge in [-0.05, 0) is 6.92 Å². The first-order valence-corrected chi connectivity index (χ1v) is 5.34. The number of ether oxygens (including phenoxy) is 2. The van der Waals surface area contributed by atoms with Gasteiger partial charge in [-0.15, -0.1) is 0 Å². The summed E-state index contributed by atoms with van der Waals surface area (Å²) in [4.78, 5) is 0. The predicted octanol–water partition coefficient (Wildman–Crippen LogP) is 0.762. The van der Waals surface area contributed by atoms with Gasteiger partial charge < -0.3 is 19.7 Å². The van der Waals surface area contributed by atoms with Crippen LogP contribution in [0, 0.1) is 6.92 Å². The summed E-state index contributed by atoms with van der Waals surface area (Å²) in [7, 11) is 0. The summed E-state index contributed by atoms with van der Waals surface area (Å²) in [6.45, 7) is 1.72. The normalized spacial score (nSPS) is 29.6. The summed E-state index contributed by atoms with van der Waals surface area (Å²) in [5, 5.41) is 18.1. The Morgan fingerprint density at radius 2 is 1.50 bits per heavy atom. The lowest BCUT2D eigenvalue weighted by Gasteiger charge is -2.10. The van der Waals surface area contributed by atoms with Crippen LogP contribution >= 0.6 is 0 Å². The molecule has 4 nitrogen and oxygen atoms in total. The van der Waals surface area contributed by atoms with E-state index in [2.05, 4.69) is 0 Å². The van der Waals surface area contributed by atoms with E-state index >= 15 is 0 Å². The molecule has 4 heteroatoms. The summed E-state index contributed by atoms with van der Waals surface area (Å²) >= 11 is 0. The van der Waals surface area contributed by atoms with Crippen molar-refractivity contribution in [2.75, 3.05) is 13.2 Å². The highest BCUT2D eigenvalue weighted by Crippen LogP contribution is 2.30. The number of benzene rings is 1. The maximum absolute atomic E-state index is 9.06. The van der Waals surface area contributed by atoms with E-state index in [1.165, 1.54) is 5.56 Å². The Labute approximate surface area is 94.4 Å². The van der Waals surface area contributed by atoms with Crippen LogP contribution in [0.3, 0.4) is 0 Å². The third-order valence-electron chi connectivity index (χ3n) is 2.72. The van der Waals surface area contributed by atoms with Crippen LogP contribution < -0.4 is 0 Å². The Bertz CT molecular complexity index is 323. The van der Waals surface area contributed by atoms with Crippen LogP contribution in [0.2, 0.25) is 0 Å². The molecule has 0 amide bonds. The van der Waals surface area contributed by atoms with Crippen molar-refractivity contribution in [3.8, 4) is 0 Å². The minimum absolute atomic E-state index is 0.145. The summed E-state index contributed by atoms with van der Waals surface area (Å²) in [5.74, 6) is 0. The molecular weight excluding hydrogens is 208 g/mol. The highest BCUT2D eigenvalue weighted by Gasteiger charge is 2.35. The van der Waals surface area contributed by atoms with Crippen LogP contribution in [-0.4, -0.2) is 35.6 Å². The molecule has 0 spiro atoms. The lowest BCUT2D eigenvalue weighted by molar-refractivity contribution is -0.0770. The monoisotopic (exact) mass is 224 g/mol. The fraction of sp³-hybridized carbons (Fsp3) is 0.500. The topological polar surface area (TPSA) is 58.9 Å². The van der Waals surface area contributed by atoms with Crippen LogP contribution in [0.5, 0.6) is 0 Å². The van der Waals surface area contributed by atoms with Gasteiger partial charge in [0.2, 0.25) is 0 Å². The molecule has 1 heterocycles. The molecule has 0 radical (unpaired) electrons. The molecule has 1 aliphatic rings. The third kappa shape index (κ3) is 2.25. The second-order valence-corrected chi connectivity index (χ2v) is 3.96. The van der Waals surface area contributed by atoms with Gasteiger partial charge in [-0.2, -0.15) is 0 Å². The van der Waals surface area contributed by atoms with E-state index in [0.717, 1.165) is 5.56 Å². The quantitative estimate of drug-likeness (QED) is 0.796. The number of aliphatic hydroxyl groups excluding tert-OH is 2. The molecule has 0 saturated carbocycles. The lowest BCUT2D eigenvalue weighted by atomic mass is 10.1. The van der Waals surface area contributed by atoms with E-state index in [4.69, 9.17) is 19.7 Å². The Balaban J connectivity index is 2.09. The molecule has 1 saturated heterocycles. The van der Waals surface area contributed by atoms with Crippen molar-refractivity contribution in [3.05, 3.63) is 35.4 Å². The van der Waals surface area contributed by atoms with Gasteiger partial charge >= 0.3 is 0 Å². The summed E-state index contributed by atoms with van der Waals surface area (Å²) in [6.07, 6.45) is -1.39. The van der Waals surface area contributed by atoms with E-state index < -0.39 is 18.5 Å². The molecule has 0 bridgehead atoms. The molecule has 2 rings (SSSR count). The fourth-order valence-corrected chi connectivity index (χ4v) is 1.73. The van der Waals surface area contributed by atoms with Crippen LogP contribution in [0.4, 0.5) is 0 Å². The van der Waals surface area contributed by atoms with Crippen LogP contribution in [0.1, 0.15) is 17.4 Å². The number of aryl methyl sites for hydroxylation is 1. The predicted molar refractivity (Wildman–Crippen MR) is 57.8 cm³/mol. The molecule has 88 valence electrons. The zero-order chi connectivity index (χ0) is 11.5. The molecule has 1 aromatic rings. The number of hydrogen-bond donors (Lipinski definition) is 2. The van der Waals surface area contributed by atoms with Crippen molar-refractivity contribution >= 4 is 0 Å². The van der Waals surface area contributed by atoms with Gasteiger partial charge in [-0.3, -0.25) is 0 Å². The molecular formula is C12H16O4. The van der Waals surface area contributed by atoms with Gasteiger partial charge in [-0.1, -0.05) is 29.8 Å². The molecule has 0 aliphatic carbocycles.